The minimum Gasteiger partial charge on any atom is -0.348 e. The zero-order valence-electron chi connectivity index (χ0n) is 11.5. The second kappa shape index (κ2) is 6.97. The second-order valence-electron chi connectivity index (χ2n) is 5.25. The predicted molar refractivity (Wildman–Crippen MR) is 70.7 cm³/mol. The fraction of sp³-hybridized carbons (Fsp3) is 0.923. The summed E-state index contributed by atoms with van der Waals surface area (Å²) in [5, 5.41) is 0. The molecule has 0 heterocycles. The molecule has 100 valence electrons. The third-order valence-corrected chi connectivity index (χ3v) is 3.74. The molecule has 2 atom stereocenters. The number of nitrogens with two attached hydrogens (primary N) is 1. The van der Waals surface area contributed by atoms with Gasteiger partial charge in [0.2, 0.25) is 5.91 Å². The highest BCUT2D eigenvalue weighted by molar-refractivity contribution is 5.77. The molecule has 2 unspecified atom stereocenters. The summed E-state index contributed by atoms with van der Waals surface area (Å²) in [7, 11) is 3.64. The first-order chi connectivity index (χ1) is 8.10. The molecule has 1 fully saturated rings. The van der Waals surface area contributed by atoms with Crippen molar-refractivity contribution in [2.24, 2.45) is 11.7 Å². The molecular weight excluding hydrogens is 214 g/mol. The summed E-state index contributed by atoms with van der Waals surface area (Å²) in [4.78, 5) is 15.8. The lowest BCUT2D eigenvalue weighted by Gasteiger charge is -2.32. The molecule has 4 nitrogen and oxygen atoms in total. The van der Waals surface area contributed by atoms with E-state index in [2.05, 4.69) is 11.8 Å². The largest absolute Gasteiger partial charge is 0.348 e. The van der Waals surface area contributed by atoms with Crippen molar-refractivity contribution in [1.29, 1.82) is 0 Å². The van der Waals surface area contributed by atoms with Crippen molar-refractivity contribution >= 4 is 5.91 Å². The van der Waals surface area contributed by atoms with Crippen molar-refractivity contribution in [2.75, 3.05) is 33.7 Å². The van der Waals surface area contributed by atoms with Gasteiger partial charge in [0.25, 0.3) is 0 Å². The van der Waals surface area contributed by atoms with E-state index in [1.165, 1.54) is 19.3 Å². The highest BCUT2D eigenvalue weighted by Gasteiger charge is 2.31. The zero-order valence-corrected chi connectivity index (χ0v) is 11.5. The van der Waals surface area contributed by atoms with Gasteiger partial charge in [-0.15, -0.1) is 0 Å². The van der Waals surface area contributed by atoms with Gasteiger partial charge < -0.3 is 10.6 Å². The Kier molecular flexibility index (Phi) is 5.92. The minimum atomic E-state index is 0.195. The van der Waals surface area contributed by atoms with Crippen molar-refractivity contribution in [3.63, 3.8) is 0 Å². The van der Waals surface area contributed by atoms with Gasteiger partial charge in [-0.3, -0.25) is 9.69 Å². The van der Waals surface area contributed by atoms with Gasteiger partial charge in [-0.1, -0.05) is 13.3 Å². The number of carbonyl (C=O) groups excluding carboxylic acids is 1. The first kappa shape index (κ1) is 14.5. The third kappa shape index (κ3) is 3.96. The molecule has 1 saturated carbocycles. The molecule has 0 radical (unpaired) electrons. The van der Waals surface area contributed by atoms with Gasteiger partial charge in [0.05, 0.1) is 6.54 Å². The summed E-state index contributed by atoms with van der Waals surface area (Å²) in [6.45, 7) is 4.46. The normalized spacial score (nSPS) is 24.3. The molecule has 1 aliphatic carbocycles. The molecule has 0 spiro atoms. The Balaban J connectivity index is 2.61. The van der Waals surface area contributed by atoms with Gasteiger partial charge in [-0.2, -0.15) is 0 Å². The number of likely N-dealkylation sites (N-methyl/N-ethyl adjacent to an activating group) is 1. The SMILES string of the molecule is CCCN(CC(=O)N(C)C)C1CCCC1CN. The van der Waals surface area contributed by atoms with Crippen molar-refractivity contribution in [2.45, 2.75) is 38.6 Å². The maximum Gasteiger partial charge on any atom is 0.236 e. The van der Waals surface area contributed by atoms with E-state index in [9.17, 15) is 4.79 Å². The number of hydrogen-bond donors (Lipinski definition) is 1. The number of amides is 1. The smallest absolute Gasteiger partial charge is 0.236 e. The fourth-order valence-corrected chi connectivity index (χ4v) is 2.74. The lowest BCUT2D eigenvalue weighted by molar-refractivity contribution is -0.130. The number of nitrogens with zero attached hydrogens (tertiary/aromatic N) is 2. The van der Waals surface area contributed by atoms with Gasteiger partial charge in [-0.25, -0.2) is 0 Å². The van der Waals surface area contributed by atoms with Gasteiger partial charge in [-0.05, 0) is 38.3 Å². The Bertz CT molecular complexity index is 243. The van der Waals surface area contributed by atoms with E-state index in [1.807, 2.05) is 14.1 Å². The van der Waals surface area contributed by atoms with Crippen LogP contribution in [0.15, 0.2) is 0 Å². The highest BCUT2D eigenvalue weighted by Crippen LogP contribution is 2.29. The monoisotopic (exact) mass is 241 g/mol. The van der Waals surface area contributed by atoms with E-state index >= 15 is 0 Å². The third-order valence-electron chi connectivity index (χ3n) is 3.74. The Labute approximate surface area is 105 Å². The summed E-state index contributed by atoms with van der Waals surface area (Å²) in [6, 6.07) is 0.517. The summed E-state index contributed by atoms with van der Waals surface area (Å²) in [5.74, 6) is 0.776. The highest BCUT2D eigenvalue weighted by atomic mass is 16.2. The number of rotatable bonds is 6. The van der Waals surface area contributed by atoms with E-state index in [0.29, 0.717) is 18.5 Å². The minimum absolute atomic E-state index is 0.195. The Morgan fingerprint density at radius 1 is 1.35 bits per heavy atom. The van der Waals surface area contributed by atoms with Crippen molar-refractivity contribution in [3.05, 3.63) is 0 Å². The van der Waals surface area contributed by atoms with Crippen LogP contribution in [-0.4, -0.2) is 55.5 Å². The van der Waals surface area contributed by atoms with Gasteiger partial charge in [0.15, 0.2) is 0 Å². The van der Waals surface area contributed by atoms with E-state index in [-0.39, 0.29) is 5.91 Å². The zero-order chi connectivity index (χ0) is 12.8. The van der Waals surface area contributed by atoms with Crippen LogP contribution in [0.2, 0.25) is 0 Å². The topological polar surface area (TPSA) is 49.6 Å². The summed E-state index contributed by atoms with van der Waals surface area (Å²) < 4.78 is 0. The van der Waals surface area contributed by atoms with E-state index in [1.54, 1.807) is 4.90 Å². The van der Waals surface area contributed by atoms with Gasteiger partial charge in [0, 0.05) is 20.1 Å². The maximum absolute atomic E-state index is 11.8. The van der Waals surface area contributed by atoms with Crippen LogP contribution in [0.1, 0.15) is 32.6 Å². The van der Waals surface area contributed by atoms with Crippen molar-refractivity contribution in [3.8, 4) is 0 Å². The van der Waals surface area contributed by atoms with Crippen LogP contribution >= 0.6 is 0 Å². The Morgan fingerprint density at radius 2 is 2.06 bits per heavy atom. The average Bonchev–Trinajstić information content (AvgIpc) is 2.76. The first-order valence-electron chi connectivity index (χ1n) is 6.74. The number of carbonyl (C=O) groups is 1. The fourth-order valence-electron chi connectivity index (χ4n) is 2.74. The molecule has 2 N–H and O–H groups in total. The van der Waals surface area contributed by atoms with Crippen LogP contribution < -0.4 is 5.73 Å². The standard InChI is InChI=1S/C13H27N3O/c1-4-8-16(10-13(17)15(2)3)12-7-5-6-11(12)9-14/h11-12H,4-10,14H2,1-3H3. The van der Waals surface area contributed by atoms with Crippen LogP contribution in [0.3, 0.4) is 0 Å². The molecule has 0 aromatic heterocycles. The Morgan fingerprint density at radius 3 is 2.59 bits per heavy atom. The molecule has 4 heteroatoms. The Hall–Kier alpha value is -0.610. The van der Waals surface area contributed by atoms with Crippen LogP contribution in [0.25, 0.3) is 0 Å². The van der Waals surface area contributed by atoms with Crippen LogP contribution in [0.5, 0.6) is 0 Å². The summed E-state index contributed by atoms with van der Waals surface area (Å²) >= 11 is 0. The predicted octanol–water partition coefficient (Wildman–Crippen LogP) is 0.914. The van der Waals surface area contributed by atoms with Crippen LogP contribution in [0.4, 0.5) is 0 Å². The summed E-state index contributed by atoms with van der Waals surface area (Å²) in [6.07, 6.45) is 4.76. The molecule has 0 saturated heterocycles. The van der Waals surface area contributed by atoms with Gasteiger partial charge in [0.1, 0.15) is 0 Å². The lowest BCUT2D eigenvalue weighted by atomic mass is 10.0. The molecular formula is C13H27N3O. The first-order valence-corrected chi connectivity index (χ1v) is 6.74. The number of hydrogen-bond acceptors (Lipinski definition) is 3. The molecule has 1 amide bonds. The molecule has 17 heavy (non-hydrogen) atoms. The molecule has 0 aromatic carbocycles. The van der Waals surface area contributed by atoms with Crippen molar-refractivity contribution in [1.82, 2.24) is 9.80 Å². The molecule has 0 aromatic rings. The quantitative estimate of drug-likeness (QED) is 0.752. The van der Waals surface area contributed by atoms with Gasteiger partial charge >= 0.3 is 0 Å². The maximum atomic E-state index is 11.8. The van der Waals surface area contributed by atoms with Crippen molar-refractivity contribution < 1.29 is 4.79 Å². The van der Waals surface area contributed by atoms with Crippen LogP contribution in [-0.2, 0) is 4.79 Å². The summed E-state index contributed by atoms with van der Waals surface area (Å²) in [5.41, 5.74) is 5.83. The average molecular weight is 241 g/mol. The van der Waals surface area contributed by atoms with E-state index in [4.69, 9.17) is 5.73 Å². The molecule has 1 aliphatic rings. The molecule has 0 aliphatic heterocycles. The molecule has 1 rings (SSSR count). The van der Waals surface area contributed by atoms with E-state index < -0.39 is 0 Å². The van der Waals surface area contributed by atoms with Crippen LogP contribution in [0, 0.1) is 5.92 Å². The lowest BCUT2D eigenvalue weighted by Crippen LogP contribution is -2.45. The molecule has 0 bridgehead atoms. The second-order valence-corrected chi connectivity index (χ2v) is 5.25. The van der Waals surface area contributed by atoms with E-state index in [0.717, 1.165) is 19.5 Å².